The zero-order chi connectivity index (χ0) is 36.5. The first-order valence-electron chi connectivity index (χ1n) is 17.8. The number of amides is 1. The number of rotatable bonds is 20. The molecule has 2 aromatic rings. The fourth-order valence-electron chi connectivity index (χ4n) is 5.40. The second-order valence-electron chi connectivity index (χ2n) is 13.1. The van der Waals surface area contributed by atoms with Crippen LogP contribution in [-0.2, 0) is 14.5 Å². The van der Waals surface area contributed by atoms with Crippen LogP contribution in [0.5, 0.6) is 11.5 Å². The Balaban J connectivity index is 1.36. The Hall–Kier alpha value is -4.20. The van der Waals surface area contributed by atoms with E-state index in [0.29, 0.717) is 30.3 Å². The number of oxime groups is 2. The molecule has 1 aliphatic heterocycles. The van der Waals surface area contributed by atoms with Gasteiger partial charge in [-0.3, -0.25) is 4.79 Å². The fraction of sp³-hybridized carbons (Fsp3) is 0.568. The zero-order valence-electron chi connectivity index (χ0n) is 30.1. The summed E-state index contributed by atoms with van der Waals surface area (Å²) in [5.74, 6) is 1.05. The highest BCUT2D eigenvalue weighted by Crippen LogP contribution is 2.23. The molecule has 276 valence electrons. The van der Waals surface area contributed by atoms with Crippen LogP contribution < -0.4 is 32.4 Å². The third kappa shape index (κ3) is 13.3. The maximum absolute atomic E-state index is 12.3. The number of carbonyl (C=O) groups excluding carboxylic acids is 2. The van der Waals surface area contributed by atoms with Crippen LogP contribution in [0.15, 0.2) is 58.8 Å². The lowest BCUT2D eigenvalue weighted by Crippen LogP contribution is -2.40. The summed E-state index contributed by atoms with van der Waals surface area (Å²) in [4.78, 5) is 36.6. The number of hydrogen-bond donors (Lipinski definition) is 4. The molecule has 0 saturated carbocycles. The van der Waals surface area contributed by atoms with Crippen molar-refractivity contribution in [3.05, 3.63) is 59.7 Å². The van der Waals surface area contributed by atoms with E-state index in [1.807, 2.05) is 39.8 Å². The van der Waals surface area contributed by atoms with Crippen LogP contribution in [-0.4, -0.2) is 73.4 Å². The van der Waals surface area contributed by atoms with Gasteiger partial charge in [0, 0.05) is 17.7 Å². The summed E-state index contributed by atoms with van der Waals surface area (Å²) in [6.45, 7) is 12.2. The monoisotopic (exact) mass is 695 g/mol. The van der Waals surface area contributed by atoms with Crippen molar-refractivity contribution in [2.45, 2.75) is 84.7 Å². The Morgan fingerprint density at radius 1 is 0.780 bits per heavy atom. The molecule has 1 fully saturated rings. The van der Waals surface area contributed by atoms with Gasteiger partial charge in [-0.2, -0.15) is 0 Å². The SMILES string of the molecule is CC[C@H](C)[C@H](N)C(=O)ON=C(ON=C(N)c1ccc(OCCCC2CCN(CCCOc3ccc(C(N)=O)cc3)CC2)cc1)[C@@H](N)[C@@H](C)CC. The summed E-state index contributed by atoms with van der Waals surface area (Å²) in [6.07, 6.45) is 6.92. The molecule has 2 aromatic carbocycles. The molecule has 1 saturated heterocycles. The molecule has 0 bridgehead atoms. The van der Waals surface area contributed by atoms with Crippen molar-refractivity contribution in [1.29, 1.82) is 0 Å². The molecule has 50 heavy (non-hydrogen) atoms. The van der Waals surface area contributed by atoms with Crippen LogP contribution in [0.2, 0.25) is 0 Å². The number of ether oxygens (including phenoxy) is 2. The Bertz CT molecular complexity index is 1380. The van der Waals surface area contributed by atoms with Gasteiger partial charge in [0.05, 0.1) is 19.3 Å². The second kappa shape index (κ2) is 21.1. The molecule has 4 atom stereocenters. The predicted octanol–water partition coefficient (Wildman–Crippen LogP) is 4.37. The Kier molecular flexibility index (Phi) is 17.0. The number of carbonyl (C=O) groups is 2. The molecular formula is C37H57N7O6. The molecule has 0 unspecified atom stereocenters. The van der Waals surface area contributed by atoms with Crippen LogP contribution in [0.1, 0.15) is 88.6 Å². The molecule has 0 aromatic heterocycles. The van der Waals surface area contributed by atoms with E-state index >= 15 is 0 Å². The molecule has 13 heteroatoms. The first-order chi connectivity index (χ1) is 24.0. The van der Waals surface area contributed by atoms with Crippen LogP contribution in [0.25, 0.3) is 0 Å². The Morgan fingerprint density at radius 3 is 1.88 bits per heavy atom. The summed E-state index contributed by atoms with van der Waals surface area (Å²) >= 11 is 0. The highest BCUT2D eigenvalue weighted by atomic mass is 16.7. The number of nitrogens with two attached hydrogens (primary N) is 4. The predicted molar refractivity (Wildman–Crippen MR) is 196 cm³/mol. The van der Waals surface area contributed by atoms with Gasteiger partial charge >= 0.3 is 5.97 Å². The van der Waals surface area contributed by atoms with Crippen molar-refractivity contribution in [2.24, 2.45) is 51.0 Å². The lowest BCUT2D eigenvalue weighted by atomic mass is 9.92. The zero-order valence-corrected chi connectivity index (χ0v) is 30.1. The minimum Gasteiger partial charge on any atom is -0.494 e. The number of piperidine rings is 1. The van der Waals surface area contributed by atoms with Crippen LogP contribution in [0, 0.1) is 17.8 Å². The minimum atomic E-state index is -0.815. The maximum atomic E-state index is 12.3. The molecule has 1 aliphatic rings. The molecule has 0 spiro atoms. The van der Waals surface area contributed by atoms with Crippen molar-refractivity contribution in [2.75, 3.05) is 32.8 Å². The molecular weight excluding hydrogens is 638 g/mol. The first-order valence-corrected chi connectivity index (χ1v) is 17.8. The van der Waals surface area contributed by atoms with Gasteiger partial charge in [-0.1, -0.05) is 45.7 Å². The molecule has 3 rings (SSSR count). The molecule has 13 nitrogen and oxygen atoms in total. The van der Waals surface area contributed by atoms with E-state index in [1.54, 1.807) is 36.4 Å². The van der Waals surface area contributed by atoms with Gasteiger partial charge in [-0.15, -0.1) is 0 Å². The van der Waals surface area contributed by atoms with E-state index in [9.17, 15) is 9.59 Å². The van der Waals surface area contributed by atoms with Gasteiger partial charge in [-0.25, -0.2) is 4.79 Å². The van der Waals surface area contributed by atoms with Crippen molar-refractivity contribution in [3.63, 3.8) is 0 Å². The van der Waals surface area contributed by atoms with E-state index < -0.39 is 24.0 Å². The van der Waals surface area contributed by atoms with Crippen molar-refractivity contribution < 1.29 is 28.7 Å². The maximum Gasteiger partial charge on any atom is 0.351 e. The lowest BCUT2D eigenvalue weighted by molar-refractivity contribution is -0.146. The van der Waals surface area contributed by atoms with Gasteiger partial charge < -0.3 is 47.0 Å². The first kappa shape index (κ1) is 40.2. The lowest BCUT2D eigenvalue weighted by Gasteiger charge is -2.32. The average molecular weight is 696 g/mol. The highest BCUT2D eigenvalue weighted by Gasteiger charge is 2.25. The molecule has 0 aliphatic carbocycles. The van der Waals surface area contributed by atoms with E-state index in [4.69, 9.17) is 42.1 Å². The number of hydrogen-bond acceptors (Lipinski definition) is 11. The van der Waals surface area contributed by atoms with Crippen molar-refractivity contribution >= 4 is 23.6 Å². The Morgan fingerprint density at radius 2 is 1.32 bits per heavy atom. The summed E-state index contributed by atoms with van der Waals surface area (Å²) in [5, 5.41) is 7.87. The number of nitrogens with zero attached hydrogens (tertiary/aromatic N) is 3. The summed E-state index contributed by atoms with van der Waals surface area (Å²) < 4.78 is 11.8. The van der Waals surface area contributed by atoms with Crippen LogP contribution in [0.4, 0.5) is 0 Å². The largest absolute Gasteiger partial charge is 0.494 e. The standard InChI is InChI=1S/C37H57N7O6/c1-5-25(3)32(38)36(43-50-37(46)33(39)26(4)6-2)49-42-34(40)28-10-14-30(15-11-28)47-23-7-9-27-18-21-44(22-19-27)20-8-24-48-31-16-12-29(13-17-31)35(41)45/h10-17,25-27,32-33H,5-9,18-24,38-39H2,1-4H3,(H2,40,42)(H2,41,45)/t25-,26-,32-,33-/m0/s1. The van der Waals surface area contributed by atoms with E-state index in [1.165, 1.54) is 12.8 Å². The highest BCUT2D eigenvalue weighted by molar-refractivity contribution is 5.97. The molecule has 1 heterocycles. The normalized spacial score (nSPS) is 17.0. The topological polar surface area (TPSA) is 203 Å². The third-order valence-electron chi connectivity index (χ3n) is 9.44. The van der Waals surface area contributed by atoms with Gasteiger partial charge in [-0.05, 0) is 117 Å². The van der Waals surface area contributed by atoms with E-state index in [2.05, 4.69) is 15.2 Å². The quantitative estimate of drug-likeness (QED) is 0.0506. The molecule has 1 amide bonds. The van der Waals surface area contributed by atoms with E-state index in [0.717, 1.165) is 63.2 Å². The smallest absolute Gasteiger partial charge is 0.351 e. The number of amidine groups is 1. The van der Waals surface area contributed by atoms with Gasteiger partial charge in [0.1, 0.15) is 17.5 Å². The number of primary amides is 1. The number of likely N-dealkylation sites (tertiary alicyclic amines) is 1. The van der Waals surface area contributed by atoms with Crippen molar-refractivity contribution in [1.82, 2.24) is 4.90 Å². The summed E-state index contributed by atoms with van der Waals surface area (Å²) in [5.41, 5.74) is 24.8. The van der Waals surface area contributed by atoms with E-state index in [-0.39, 0.29) is 23.6 Å². The minimum absolute atomic E-state index is 0.0178. The number of benzene rings is 2. The third-order valence-corrected chi connectivity index (χ3v) is 9.44. The second-order valence-corrected chi connectivity index (χ2v) is 13.1. The average Bonchev–Trinajstić information content (AvgIpc) is 3.14. The molecule has 8 N–H and O–H groups in total. The van der Waals surface area contributed by atoms with Crippen molar-refractivity contribution in [3.8, 4) is 11.5 Å². The van der Waals surface area contributed by atoms with Crippen LogP contribution >= 0.6 is 0 Å². The fourth-order valence-corrected chi connectivity index (χ4v) is 5.40. The molecule has 0 radical (unpaired) electrons. The summed E-state index contributed by atoms with van der Waals surface area (Å²) in [6, 6.07) is 12.7. The Labute approximate surface area is 296 Å². The van der Waals surface area contributed by atoms with Crippen LogP contribution in [0.3, 0.4) is 0 Å². The van der Waals surface area contributed by atoms with Gasteiger partial charge in [0.2, 0.25) is 5.91 Å². The van der Waals surface area contributed by atoms with Gasteiger partial charge in [0.25, 0.3) is 5.90 Å². The summed E-state index contributed by atoms with van der Waals surface area (Å²) in [7, 11) is 0. The van der Waals surface area contributed by atoms with Gasteiger partial charge in [0.15, 0.2) is 5.84 Å².